The van der Waals surface area contributed by atoms with E-state index in [1.54, 1.807) is 6.07 Å². The number of hydrogen-bond acceptors (Lipinski definition) is 5. The summed E-state index contributed by atoms with van der Waals surface area (Å²) < 4.78 is 0. The lowest BCUT2D eigenvalue weighted by molar-refractivity contribution is -0.384. The third-order valence-corrected chi connectivity index (χ3v) is 5.85. The second kappa shape index (κ2) is 9.62. The topological polar surface area (TPSA) is 70.4 Å². The highest BCUT2D eigenvalue weighted by Crippen LogP contribution is 2.34. The summed E-state index contributed by atoms with van der Waals surface area (Å²) >= 11 is 0. The molecule has 1 fully saturated rings. The molecular formula is C25H28N4O2. The molecule has 6 heteroatoms. The Morgan fingerprint density at radius 1 is 0.935 bits per heavy atom. The summed E-state index contributed by atoms with van der Waals surface area (Å²) in [5, 5.41) is 18.8. The van der Waals surface area contributed by atoms with E-state index in [-0.39, 0.29) is 16.7 Å². The van der Waals surface area contributed by atoms with Gasteiger partial charge in [0.2, 0.25) is 0 Å². The number of nitrogens with one attached hydrogen (secondary N) is 2. The number of nitro benzene ring substituents is 1. The van der Waals surface area contributed by atoms with Gasteiger partial charge in [-0.05, 0) is 56.2 Å². The highest BCUT2D eigenvalue weighted by atomic mass is 16.6. The van der Waals surface area contributed by atoms with Gasteiger partial charge >= 0.3 is 0 Å². The Labute approximate surface area is 183 Å². The minimum absolute atomic E-state index is 0.0748. The van der Waals surface area contributed by atoms with Crippen molar-refractivity contribution in [1.82, 2.24) is 4.90 Å². The number of nitro groups is 1. The maximum Gasteiger partial charge on any atom is 0.292 e. The van der Waals surface area contributed by atoms with Crippen molar-refractivity contribution >= 4 is 17.1 Å². The van der Waals surface area contributed by atoms with Gasteiger partial charge in [-0.25, -0.2) is 0 Å². The van der Waals surface area contributed by atoms with Crippen LogP contribution in [-0.4, -0.2) is 36.0 Å². The molecule has 0 aliphatic carbocycles. The lowest BCUT2D eigenvalue weighted by Crippen LogP contribution is -2.36. The molecule has 0 saturated carbocycles. The van der Waals surface area contributed by atoms with Gasteiger partial charge in [-0.2, -0.15) is 0 Å². The summed E-state index contributed by atoms with van der Waals surface area (Å²) in [6.45, 7) is 2.11. The lowest BCUT2D eigenvalue weighted by atomic mass is 9.98. The minimum atomic E-state index is -0.325. The van der Waals surface area contributed by atoms with Crippen LogP contribution in [0.25, 0.3) is 0 Å². The average Bonchev–Trinajstić information content (AvgIpc) is 2.80. The normalized spacial score (nSPS) is 15.0. The minimum Gasteiger partial charge on any atom is -0.382 e. The van der Waals surface area contributed by atoms with Crippen LogP contribution in [0.3, 0.4) is 0 Å². The van der Waals surface area contributed by atoms with Gasteiger partial charge in [0.1, 0.15) is 5.69 Å². The Morgan fingerprint density at radius 2 is 1.52 bits per heavy atom. The zero-order valence-corrected chi connectivity index (χ0v) is 17.7. The fourth-order valence-corrected chi connectivity index (χ4v) is 4.09. The molecule has 0 unspecified atom stereocenters. The zero-order chi connectivity index (χ0) is 21.6. The molecule has 0 bridgehead atoms. The Bertz CT molecular complexity index is 963. The van der Waals surface area contributed by atoms with Gasteiger partial charge in [-0.3, -0.25) is 10.1 Å². The van der Waals surface area contributed by atoms with Crippen molar-refractivity contribution in [2.45, 2.75) is 24.9 Å². The fraction of sp³-hybridized carbons (Fsp3) is 0.280. The molecular weight excluding hydrogens is 388 g/mol. The summed E-state index contributed by atoms with van der Waals surface area (Å²) in [7, 11) is 2.14. The summed E-state index contributed by atoms with van der Waals surface area (Å²) in [5.74, 6) is 0. The van der Waals surface area contributed by atoms with E-state index in [2.05, 4.69) is 22.6 Å². The van der Waals surface area contributed by atoms with Gasteiger partial charge in [0.05, 0.1) is 11.0 Å². The van der Waals surface area contributed by atoms with Crippen molar-refractivity contribution < 1.29 is 4.92 Å². The monoisotopic (exact) mass is 416 g/mol. The largest absolute Gasteiger partial charge is 0.382 e. The first-order chi connectivity index (χ1) is 15.1. The van der Waals surface area contributed by atoms with Crippen LogP contribution in [0.4, 0.5) is 17.1 Å². The van der Waals surface area contributed by atoms with E-state index in [9.17, 15) is 10.1 Å². The van der Waals surface area contributed by atoms with E-state index < -0.39 is 0 Å². The van der Waals surface area contributed by atoms with Gasteiger partial charge in [0.25, 0.3) is 5.69 Å². The number of rotatable bonds is 7. The summed E-state index contributed by atoms with van der Waals surface area (Å²) in [5.41, 5.74) is 3.60. The molecule has 0 radical (unpaired) electrons. The van der Waals surface area contributed by atoms with E-state index in [0.29, 0.717) is 11.7 Å². The second-order valence-corrected chi connectivity index (χ2v) is 8.11. The smallest absolute Gasteiger partial charge is 0.292 e. The predicted molar refractivity (Wildman–Crippen MR) is 126 cm³/mol. The van der Waals surface area contributed by atoms with E-state index >= 15 is 0 Å². The zero-order valence-electron chi connectivity index (χ0n) is 17.7. The highest BCUT2D eigenvalue weighted by Gasteiger charge is 2.22. The molecule has 0 spiro atoms. The number of likely N-dealkylation sites (tertiary alicyclic amines) is 1. The number of benzene rings is 3. The Kier molecular flexibility index (Phi) is 6.48. The first-order valence-electron chi connectivity index (χ1n) is 10.7. The number of hydrogen-bond donors (Lipinski definition) is 2. The maximum absolute atomic E-state index is 11.8. The quantitative estimate of drug-likeness (QED) is 0.404. The number of piperidine rings is 1. The molecule has 31 heavy (non-hydrogen) atoms. The van der Waals surface area contributed by atoms with Crippen LogP contribution in [0.5, 0.6) is 0 Å². The number of anilines is 2. The van der Waals surface area contributed by atoms with E-state index in [4.69, 9.17) is 0 Å². The summed E-state index contributed by atoms with van der Waals surface area (Å²) in [4.78, 5) is 13.8. The van der Waals surface area contributed by atoms with Gasteiger partial charge < -0.3 is 15.5 Å². The standard InChI is InChI=1S/C25H28N4O2/c1-28-16-14-21(15-17-28)26-22-12-13-24(29(30)31)23(18-22)27-25(19-8-4-2-5-9-19)20-10-6-3-7-11-20/h2-13,18,21,25-27H,14-17H2,1H3. The van der Waals surface area contributed by atoms with Crippen molar-refractivity contribution in [3.05, 3.63) is 100 Å². The number of nitrogens with zero attached hydrogens (tertiary/aromatic N) is 2. The van der Waals surface area contributed by atoms with Crippen LogP contribution < -0.4 is 10.6 Å². The molecule has 160 valence electrons. The Morgan fingerprint density at radius 3 is 2.06 bits per heavy atom. The first kappa shape index (κ1) is 20.9. The third-order valence-electron chi connectivity index (χ3n) is 5.85. The molecule has 0 atom stereocenters. The van der Waals surface area contributed by atoms with Crippen LogP contribution in [0.15, 0.2) is 78.9 Å². The molecule has 1 aliphatic rings. The predicted octanol–water partition coefficient (Wildman–Crippen LogP) is 5.30. The summed E-state index contributed by atoms with van der Waals surface area (Å²) in [6, 6.07) is 25.5. The molecule has 2 N–H and O–H groups in total. The molecule has 3 aromatic rings. The molecule has 4 rings (SSSR count). The van der Waals surface area contributed by atoms with Crippen LogP contribution >= 0.6 is 0 Å². The van der Waals surface area contributed by atoms with Gasteiger partial charge in [-0.1, -0.05) is 60.7 Å². The molecule has 3 aromatic carbocycles. The van der Waals surface area contributed by atoms with Crippen LogP contribution in [0.2, 0.25) is 0 Å². The van der Waals surface area contributed by atoms with E-state index in [0.717, 1.165) is 42.7 Å². The molecule has 1 heterocycles. The molecule has 6 nitrogen and oxygen atoms in total. The lowest BCUT2D eigenvalue weighted by Gasteiger charge is -2.30. The Hall–Kier alpha value is -3.38. The van der Waals surface area contributed by atoms with Crippen molar-refractivity contribution in [2.24, 2.45) is 0 Å². The maximum atomic E-state index is 11.8. The van der Waals surface area contributed by atoms with Crippen LogP contribution in [0.1, 0.15) is 30.0 Å². The molecule has 1 saturated heterocycles. The van der Waals surface area contributed by atoms with Crippen molar-refractivity contribution in [1.29, 1.82) is 0 Å². The fourth-order valence-electron chi connectivity index (χ4n) is 4.09. The van der Waals surface area contributed by atoms with Crippen molar-refractivity contribution in [3.8, 4) is 0 Å². The Balaban J connectivity index is 1.64. The first-order valence-corrected chi connectivity index (χ1v) is 10.7. The highest BCUT2D eigenvalue weighted by molar-refractivity contribution is 5.70. The molecule has 1 aliphatic heterocycles. The van der Waals surface area contributed by atoms with E-state index in [1.165, 1.54) is 0 Å². The van der Waals surface area contributed by atoms with Crippen molar-refractivity contribution in [3.63, 3.8) is 0 Å². The van der Waals surface area contributed by atoms with Gasteiger partial charge in [0.15, 0.2) is 0 Å². The van der Waals surface area contributed by atoms with Gasteiger partial charge in [-0.15, -0.1) is 0 Å². The average molecular weight is 417 g/mol. The van der Waals surface area contributed by atoms with E-state index in [1.807, 2.05) is 72.8 Å². The second-order valence-electron chi connectivity index (χ2n) is 8.11. The molecule has 0 aromatic heterocycles. The van der Waals surface area contributed by atoms with Gasteiger partial charge in [0, 0.05) is 17.8 Å². The summed E-state index contributed by atoms with van der Waals surface area (Å²) in [6.07, 6.45) is 2.12. The SMILES string of the molecule is CN1CCC(Nc2ccc([N+](=O)[O-])c(NC(c3ccccc3)c3ccccc3)c2)CC1. The van der Waals surface area contributed by atoms with Crippen LogP contribution in [-0.2, 0) is 0 Å². The third kappa shape index (κ3) is 5.22. The van der Waals surface area contributed by atoms with Crippen LogP contribution in [0, 0.1) is 10.1 Å². The van der Waals surface area contributed by atoms with Crippen molar-refractivity contribution in [2.75, 3.05) is 30.8 Å². The molecule has 0 amide bonds.